The fourth-order valence-electron chi connectivity index (χ4n) is 3.98. The van der Waals surface area contributed by atoms with E-state index in [1.54, 1.807) is 23.2 Å². The number of rotatable bonds is 8. The SMILES string of the molecule is C=C(Cc1cccc(-c2ncc(C3CCNCC3)cn2)c1)C(=O)C=CN(C)c1cnn(C)c1. The first kappa shape index (κ1) is 22.6. The average Bonchev–Trinajstić information content (AvgIpc) is 3.29. The van der Waals surface area contributed by atoms with Gasteiger partial charge in [0.1, 0.15) is 0 Å². The van der Waals surface area contributed by atoms with E-state index in [1.807, 2.05) is 61.9 Å². The fourth-order valence-corrected chi connectivity index (χ4v) is 3.98. The molecular formula is C26H30N6O. The second-order valence-electron chi connectivity index (χ2n) is 8.51. The summed E-state index contributed by atoms with van der Waals surface area (Å²) in [5.74, 6) is 1.13. The summed E-state index contributed by atoms with van der Waals surface area (Å²) in [7, 11) is 3.74. The van der Waals surface area contributed by atoms with E-state index in [-0.39, 0.29) is 5.78 Å². The number of aryl methyl sites for hydroxylation is 1. The molecule has 170 valence electrons. The van der Waals surface area contributed by atoms with E-state index < -0.39 is 0 Å². The Morgan fingerprint density at radius 3 is 2.70 bits per heavy atom. The highest BCUT2D eigenvalue weighted by Gasteiger charge is 2.16. The van der Waals surface area contributed by atoms with Gasteiger partial charge in [0.15, 0.2) is 11.6 Å². The summed E-state index contributed by atoms with van der Waals surface area (Å²) in [5, 5.41) is 7.53. The molecule has 0 aliphatic carbocycles. The van der Waals surface area contributed by atoms with Crippen LogP contribution in [0.4, 0.5) is 5.69 Å². The molecule has 4 rings (SSSR count). The molecule has 2 aromatic heterocycles. The predicted octanol–water partition coefficient (Wildman–Crippen LogP) is 3.66. The predicted molar refractivity (Wildman–Crippen MR) is 131 cm³/mol. The van der Waals surface area contributed by atoms with Gasteiger partial charge in [-0.05, 0) is 54.6 Å². The van der Waals surface area contributed by atoms with Crippen molar-refractivity contribution < 1.29 is 4.79 Å². The maximum Gasteiger partial charge on any atom is 0.183 e. The molecule has 1 aliphatic heterocycles. The number of aromatic nitrogens is 4. The minimum Gasteiger partial charge on any atom is -0.348 e. The van der Waals surface area contributed by atoms with Gasteiger partial charge in [-0.1, -0.05) is 24.8 Å². The summed E-state index contributed by atoms with van der Waals surface area (Å²) < 4.78 is 1.72. The number of hydrogen-bond acceptors (Lipinski definition) is 6. The van der Waals surface area contributed by atoms with Crippen molar-refractivity contribution >= 4 is 11.5 Å². The molecule has 0 bridgehead atoms. The highest BCUT2D eigenvalue weighted by Crippen LogP contribution is 2.25. The van der Waals surface area contributed by atoms with Crippen LogP contribution in [0.3, 0.4) is 0 Å². The van der Waals surface area contributed by atoms with Crippen LogP contribution in [-0.4, -0.2) is 45.7 Å². The number of carbonyl (C=O) groups excluding carboxylic acids is 1. The Balaban J connectivity index is 1.38. The topological polar surface area (TPSA) is 75.9 Å². The number of carbonyl (C=O) groups is 1. The number of hydrogen-bond donors (Lipinski definition) is 1. The Labute approximate surface area is 194 Å². The van der Waals surface area contributed by atoms with Gasteiger partial charge in [-0.3, -0.25) is 9.48 Å². The van der Waals surface area contributed by atoms with Crippen LogP contribution >= 0.6 is 0 Å². The normalized spacial score (nSPS) is 14.5. The molecule has 7 nitrogen and oxygen atoms in total. The average molecular weight is 443 g/mol. The van der Waals surface area contributed by atoms with Gasteiger partial charge in [0, 0.05) is 56.9 Å². The zero-order chi connectivity index (χ0) is 23.2. The van der Waals surface area contributed by atoms with E-state index in [9.17, 15) is 4.79 Å². The molecular weight excluding hydrogens is 412 g/mol. The molecule has 1 aromatic carbocycles. The first-order valence-corrected chi connectivity index (χ1v) is 11.2. The van der Waals surface area contributed by atoms with E-state index in [4.69, 9.17) is 0 Å². The first-order valence-electron chi connectivity index (χ1n) is 11.2. The monoisotopic (exact) mass is 442 g/mol. The van der Waals surface area contributed by atoms with E-state index >= 15 is 0 Å². The molecule has 33 heavy (non-hydrogen) atoms. The van der Waals surface area contributed by atoms with Crippen LogP contribution in [0.25, 0.3) is 11.4 Å². The Morgan fingerprint density at radius 2 is 2.00 bits per heavy atom. The second kappa shape index (κ2) is 10.4. The van der Waals surface area contributed by atoms with Gasteiger partial charge >= 0.3 is 0 Å². The zero-order valence-electron chi connectivity index (χ0n) is 19.2. The molecule has 0 amide bonds. The summed E-state index contributed by atoms with van der Waals surface area (Å²) in [6.07, 6.45) is 13.5. The number of benzene rings is 1. The van der Waals surface area contributed by atoms with Crippen molar-refractivity contribution in [1.29, 1.82) is 0 Å². The van der Waals surface area contributed by atoms with Gasteiger partial charge in [0.25, 0.3) is 0 Å². The van der Waals surface area contributed by atoms with Gasteiger partial charge in [-0.25, -0.2) is 9.97 Å². The fraction of sp³-hybridized carbons (Fsp3) is 0.308. The van der Waals surface area contributed by atoms with Crippen LogP contribution in [0.5, 0.6) is 0 Å². The minimum atomic E-state index is -0.0984. The first-order chi connectivity index (χ1) is 16.0. The van der Waals surface area contributed by atoms with Crippen LogP contribution in [0.1, 0.15) is 29.9 Å². The van der Waals surface area contributed by atoms with Crippen molar-refractivity contribution in [3.8, 4) is 11.4 Å². The van der Waals surface area contributed by atoms with Crippen molar-refractivity contribution in [2.24, 2.45) is 7.05 Å². The molecule has 3 heterocycles. The standard InChI is InChI=1S/C26H30N6O/c1-19(25(33)9-12-31(2)24-17-30-32(3)18-24)13-20-5-4-6-22(14-20)26-28-15-23(16-29-26)21-7-10-27-11-8-21/h4-6,9,12,14-18,21,27H,1,7-8,10-11,13H2,2-3H3. The lowest BCUT2D eigenvalue weighted by molar-refractivity contribution is -0.111. The molecule has 0 spiro atoms. The summed E-state index contributed by atoms with van der Waals surface area (Å²) in [5.41, 5.74) is 4.59. The van der Waals surface area contributed by atoms with Gasteiger partial charge in [-0.15, -0.1) is 0 Å². The molecule has 1 fully saturated rings. The third kappa shape index (κ3) is 5.81. The summed E-state index contributed by atoms with van der Waals surface area (Å²) in [6.45, 7) is 6.09. The Bertz CT molecular complexity index is 1140. The third-order valence-electron chi connectivity index (χ3n) is 5.98. The van der Waals surface area contributed by atoms with E-state index in [2.05, 4.69) is 27.0 Å². The lowest BCUT2D eigenvalue weighted by atomic mass is 9.92. The van der Waals surface area contributed by atoms with Crippen molar-refractivity contribution in [2.45, 2.75) is 25.2 Å². The smallest absolute Gasteiger partial charge is 0.183 e. The molecule has 7 heteroatoms. The van der Waals surface area contributed by atoms with Gasteiger partial charge in [0.05, 0.1) is 11.9 Å². The van der Waals surface area contributed by atoms with E-state index in [0.717, 1.165) is 42.7 Å². The molecule has 1 aliphatic rings. The largest absolute Gasteiger partial charge is 0.348 e. The van der Waals surface area contributed by atoms with Gasteiger partial charge in [0.2, 0.25) is 0 Å². The Morgan fingerprint density at radius 1 is 1.24 bits per heavy atom. The molecule has 0 unspecified atom stereocenters. The van der Waals surface area contributed by atoms with Crippen LogP contribution in [0.15, 0.2) is 73.5 Å². The maximum absolute atomic E-state index is 12.6. The summed E-state index contributed by atoms with van der Waals surface area (Å²) in [4.78, 5) is 23.6. The van der Waals surface area contributed by atoms with Gasteiger partial charge in [-0.2, -0.15) is 5.10 Å². The molecule has 0 saturated carbocycles. The number of piperidine rings is 1. The van der Waals surface area contributed by atoms with Gasteiger partial charge < -0.3 is 10.2 Å². The van der Waals surface area contributed by atoms with Crippen LogP contribution < -0.4 is 10.2 Å². The Hall–Kier alpha value is -3.58. The number of anilines is 1. The van der Waals surface area contributed by atoms with Crippen molar-refractivity contribution in [3.05, 3.63) is 84.6 Å². The minimum absolute atomic E-state index is 0.0984. The van der Waals surface area contributed by atoms with E-state index in [0.29, 0.717) is 23.7 Å². The van der Waals surface area contributed by atoms with Crippen LogP contribution in [0.2, 0.25) is 0 Å². The van der Waals surface area contributed by atoms with E-state index in [1.165, 1.54) is 5.56 Å². The number of ketones is 1. The molecule has 1 N–H and O–H groups in total. The summed E-state index contributed by atoms with van der Waals surface area (Å²) in [6, 6.07) is 8.00. The third-order valence-corrected chi connectivity index (χ3v) is 5.98. The second-order valence-corrected chi connectivity index (χ2v) is 8.51. The number of allylic oxidation sites excluding steroid dienone is 2. The van der Waals surface area contributed by atoms with Crippen molar-refractivity contribution in [3.63, 3.8) is 0 Å². The van der Waals surface area contributed by atoms with Crippen molar-refractivity contribution in [1.82, 2.24) is 25.1 Å². The maximum atomic E-state index is 12.6. The Kier molecular flexibility index (Phi) is 7.10. The zero-order valence-corrected chi connectivity index (χ0v) is 19.2. The molecule has 3 aromatic rings. The highest BCUT2D eigenvalue weighted by atomic mass is 16.1. The number of nitrogens with zero attached hydrogens (tertiary/aromatic N) is 5. The molecule has 0 atom stereocenters. The quantitative estimate of drug-likeness (QED) is 0.537. The van der Waals surface area contributed by atoms with Crippen LogP contribution in [-0.2, 0) is 18.3 Å². The van der Waals surface area contributed by atoms with Crippen LogP contribution in [0, 0.1) is 0 Å². The molecule has 1 saturated heterocycles. The lowest BCUT2D eigenvalue weighted by Gasteiger charge is -2.22. The number of nitrogens with one attached hydrogen (secondary N) is 1. The molecule has 0 radical (unpaired) electrons. The summed E-state index contributed by atoms with van der Waals surface area (Å²) >= 11 is 0. The highest BCUT2D eigenvalue weighted by molar-refractivity contribution is 6.03. The lowest BCUT2D eigenvalue weighted by Crippen LogP contribution is -2.26. The van der Waals surface area contributed by atoms with Crippen molar-refractivity contribution in [2.75, 3.05) is 25.0 Å².